The summed E-state index contributed by atoms with van der Waals surface area (Å²) in [5.74, 6) is -2.39. The van der Waals surface area contributed by atoms with E-state index in [0.29, 0.717) is 12.8 Å². The van der Waals surface area contributed by atoms with Crippen LogP contribution in [0.4, 0.5) is 0 Å². The molecule has 332 valence electrons. The lowest BCUT2D eigenvalue weighted by Crippen LogP contribution is -2.34. The lowest BCUT2D eigenvalue weighted by molar-refractivity contribution is -0.161. The number of ether oxygens (including phenoxy) is 2. The molecule has 0 aliphatic rings. The second-order valence-corrected chi connectivity index (χ2v) is 16.6. The molecular weight excluding hydrogens is 745 g/mol. The number of hydrogen-bond donors (Lipinski definition) is 3. The summed E-state index contributed by atoms with van der Waals surface area (Å²) in [6, 6.07) is -1.52. The van der Waals surface area contributed by atoms with Crippen LogP contribution in [0.2, 0.25) is 0 Å². The Morgan fingerprint density at radius 1 is 0.544 bits per heavy atom. The minimum absolute atomic E-state index is 0.148. The molecule has 0 heterocycles. The van der Waals surface area contributed by atoms with Gasteiger partial charge < -0.3 is 25.2 Å². The van der Waals surface area contributed by atoms with Gasteiger partial charge in [0.1, 0.15) is 12.6 Å². The molecule has 4 N–H and O–H groups in total. The molecule has 0 saturated carbocycles. The SMILES string of the molecule is CCCCC/C=C\C/C=C\C/C=C\CCCCCCCCC(=O)OC(COC(=O)CCCCCCCCCCCCCCCC)COP(=O)(O)OCC(N)C(=O)O. The number of allylic oxidation sites excluding steroid dienone is 6. The van der Waals surface area contributed by atoms with Crippen LogP contribution in [0.25, 0.3) is 0 Å². The molecule has 0 spiro atoms. The van der Waals surface area contributed by atoms with Gasteiger partial charge in [-0.2, -0.15) is 0 Å². The first-order valence-electron chi connectivity index (χ1n) is 22.5. The predicted molar refractivity (Wildman–Crippen MR) is 231 cm³/mol. The first-order chi connectivity index (χ1) is 27.6. The summed E-state index contributed by atoms with van der Waals surface area (Å²) in [5.41, 5.74) is 5.33. The van der Waals surface area contributed by atoms with Gasteiger partial charge in [-0.15, -0.1) is 0 Å². The van der Waals surface area contributed by atoms with E-state index in [2.05, 4.69) is 54.8 Å². The maximum atomic E-state index is 12.6. The number of nitrogens with two attached hydrogens (primary N) is 1. The zero-order valence-electron chi connectivity index (χ0n) is 35.9. The van der Waals surface area contributed by atoms with E-state index in [9.17, 15) is 23.8 Å². The second-order valence-electron chi connectivity index (χ2n) is 15.2. The van der Waals surface area contributed by atoms with Crippen molar-refractivity contribution >= 4 is 25.7 Å². The van der Waals surface area contributed by atoms with Crippen molar-refractivity contribution in [2.24, 2.45) is 5.73 Å². The van der Waals surface area contributed by atoms with Crippen molar-refractivity contribution in [3.63, 3.8) is 0 Å². The molecule has 0 amide bonds. The van der Waals surface area contributed by atoms with Gasteiger partial charge in [-0.25, -0.2) is 4.57 Å². The Morgan fingerprint density at radius 3 is 1.42 bits per heavy atom. The number of aliphatic carboxylic acids is 1. The first-order valence-corrected chi connectivity index (χ1v) is 24.0. The van der Waals surface area contributed by atoms with Gasteiger partial charge >= 0.3 is 25.7 Å². The van der Waals surface area contributed by atoms with Crippen LogP contribution in [0.15, 0.2) is 36.5 Å². The lowest BCUT2D eigenvalue weighted by Gasteiger charge is -2.20. The molecule has 0 aliphatic heterocycles. The monoisotopic (exact) mass is 828 g/mol. The molecule has 0 saturated heterocycles. The van der Waals surface area contributed by atoms with E-state index in [-0.39, 0.29) is 19.4 Å². The molecule has 0 bridgehead atoms. The first kappa shape index (κ1) is 54.7. The molecule has 12 heteroatoms. The third-order valence-corrected chi connectivity index (χ3v) is 10.6. The molecule has 0 rings (SSSR count). The maximum absolute atomic E-state index is 12.6. The van der Waals surface area contributed by atoms with Crippen molar-refractivity contribution in [3.8, 4) is 0 Å². The van der Waals surface area contributed by atoms with Crippen molar-refractivity contribution < 1.29 is 47.5 Å². The van der Waals surface area contributed by atoms with Crippen molar-refractivity contribution in [3.05, 3.63) is 36.5 Å². The molecule has 0 aromatic carbocycles. The van der Waals surface area contributed by atoms with E-state index in [1.54, 1.807) is 0 Å². The molecule has 3 unspecified atom stereocenters. The van der Waals surface area contributed by atoms with E-state index in [1.807, 2.05) is 0 Å². The molecule has 3 atom stereocenters. The van der Waals surface area contributed by atoms with E-state index < -0.39 is 51.1 Å². The molecule has 0 aromatic heterocycles. The second kappa shape index (κ2) is 40.5. The Bertz CT molecular complexity index is 1110. The van der Waals surface area contributed by atoms with Gasteiger partial charge in [0, 0.05) is 12.8 Å². The predicted octanol–water partition coefficient (Wildman–Crippen LogP) is 12.0. The normalized spacial score (nSPS) is 14.0. The van der Waals surface area contributed by atoms with Crippen LogP contribution < -0.4 is 5.73 Å². The highest BCUT2D eigenvalue weighted by molar-refractivity contribution is 7.47. The number of phosphoric acid groups is 1. The summed E-state index contributed by atoms with van der Waals surface area (Å²) in [7, 11) is -4.72. The standard InChI is InChI=1S/C45H82NO10P/c1-3-5-7-9-11-13-15-17-19-20-21-22-23-25-27-29-31-33-35-37-44(48)56-41(39-54-57(51,52)55-40-42(46)45(49)50)38-53-43(47)36-34-32-30-28-26-24-18-16-14-12-10-8-6-4-2/h11,13,17,19,21-22,41-42H,3-10,12,14-16,18,20,23-40,46H2,1-2H3,(H,49,50)(H,51,52)/b13-11-,19-17-,22-21-. The average Bonchev–Trinajstić information content (AvgIpc) is 3.19. The number of esters is 2. The van der Waals surface area contributed by atoms with Crippen molar-refractivity contribution in [2.75, 3.05) is 19.8 Å². The number of hydrogen-bond acceptors (Lipinski definition) is 9. The van der Waals surface area contributed by atoms with E-state index in [4.69, 9.17) is 24.8 Å². The lowest BCUT2D eigenvalue weighted by atomic mass is 10.0. The smallest absolute Gasteiger partial charge is 0.472 e. The van der Waals surface area contributed by atoms with Crippen molar-refractivity contribution in [1.29, 1.82) is 0 Å². The number of rotatable bonds is 42. The Morgan fingerprint density at radius 2 is 0.930 bits per heavy atom. The highest BCUT2D eigenvalue weighted by atomic mass is 31.2. The summed E-state index contributed by atoms with van der Waals surface area (Å²) < 4.78 is 32.7. The minimum atomic E-state index is -4.72. The number of carbonyl (C=O) groups excluding carboxylic acids is 2. The summed E-state index contributed by atoms with van der Waals surface area (Å²) in [6.45, 7) is 2.77. The number of unbranched alkanes of at least 4 members (excludes halogenated alkanes) is 22. The molecular formula is C45H82NO10P. The van der Waals surface area contributed by atoms with Crippen LogP contribution in [0.3, 0.4) is 0 Å². The largest absolute Gasteiger partial charge is 0.480 e. The van der Waals surface area contributed by atoms with Crippen LogP contribution in [0, 0.1) is 0 Å². The van der Waals surface area contributed by atoms with Gasteiger partial charge in [0.25, 0.3) is 0 Å². The quantitative estimate of drug-likeness (QED) is 0.0231. The molecule has 0 fully saturated rings. The van der Waals surface area contributed by atoms with E-state index >= 15 is 0 Å². The molecule has 0 aliphatic carbocycles. The van der Waals surface area contributed by atoms with Gasteiger partial charge in [-0.1, -0.05) is 172 Å². The summed E-state index contributed by atoms with van der Waals surface area (Å²) in [4.78, 5) is 46.0. The summed E-state index contributed by atoms with van der Waals surface area (Å²) in [6.07, 6.45) is 43.4. The van der Waals surface area contributed by atoms with Crippen molar-refractivity contribution in [2.45, 2.75) is 212 Å². The van der Waals surface area contributed by atoms with Crippen LogP contribution in [0.5, 0.6) is 0 Å². The molecule has 0 radical (unpaired) electrons. The number of carboxylic acids is 1. The summed E-state index contributed by atoms with van der Waals surface area (Å²) >= 11 is 0. The Labute approximate surface area is 346 Å². The zero-order chi connectivity index (χ0) is 42.1. The zero-order valence-corrected chi connectivity index (χ0v) is 36.8. The average molecular weight is 828 g/mol. The van der Waals surface area contributed by atoms with E-state index in [1.165, 1.54) is 89.9 Å². The summed E-state index contributed by atoms with van der Waals surface area (Å²) in [5, 5.41) is 8.89. The Kier molecular flexibility index (Phi) is 38.8. The van der Waals surface area contributed by atoms with Gasteiger partial charge in [0.15, 0.2) is 6.10 Å². The Hall–Kier alpha value is -2.30. The van der Waals surface area contributed by atoms with Crippen molar-refractivity contribution in [1.82, 2.24) is 0 Å². The molecule has 11 nitrogen and oxygen atoms in total. The van der Waals surface area contributed by atoms with Gasteiger partial charge in [-0.05, 0) is 51.4 Å². The van der Waals surface area contributed by atoms with Crippen LogP contribution in [-0.4, -0.2) is 59.9 Å². The highest BCUT2D eigenvalue weighted by Gasteiger charge is 2.28. The van der Waals surface area contributed by atoms with Gasteiger partial charge in [0.2, 0.25) is 0 Å². The highest BCUT2D eigenvalue weighted by Crippen LogP contribution is 2.43. The topological polar surface area (TPSA) is 172 Å². The van der Waals surface area contributed by atoms with E-state index in [0.717, 1.165) is 70.6 Å². The fourth-order valence-corrected chi connectivity index (χ4v) is 6.85. The third kappa shape index (κ3) is 40.3. The van der Waals surface area contributed by atoms with Crippen LogP contribution in [0.1, 0.15) is 200 Å². The third-order valence-electron chi connectivity index (χ3n) is 9.64. The van der Waals surface area contributed by atoms with Gasteiger partial charge in [-0.3, -0.25) is 23.4 Å². The Balaban J connectivity index is 4.36. The van der Waals surface area contributed by atoms with Crippen LogP contribution in [-0.2, 0) is 37.5 Å². The van der Waals surface area contributed by atoms with Crippen LogP contribution >= 0.6 is 7.82 Å². The molecule has 57 heavy (non-hydrogen) atoms. The molecule has 0 aromatic rings. The maximum Gasteiger partial charge on any atom is 0.472 e. The fourth-order valence-electron chi connectivity index (χ4n) is 6.07. The number of carboxylic acid groups (broad SMARTS) is 1. The number of carbonyl (C=O) groups is 3. The van der Waals surface area contributed by atoms with Gasteiger partial charge in [0.05, 0.1) is 13.2 Å². The number of phosphoric ester groups is 1. The minimum Gasteiger partial charge on any atom is -0.480 e. The fraction of sp³-hybridized carbons (Fsp3) is 0.800.